The number of amides is 8. The van der Waals surface area contributed by atoms with Gasteiger partial charge in [-0.25, -0.2) is 4.79 Å². The number of carbonyl (C=O) groups excluding carboxylic acids is 10. The lowest BCUT2D eigenvalue weighted by atomic mass is 9.51. The van der Waals surface area contributed by atoms with Crippen molar-refractivity contribution >= 4 is 87.7 Å². The van der Waals surface area contributed by atoms with Crippen LogP contribution in [0.4, 0.5) is 10.5 Å². The second-order valence-corrected chi connectivity index (χ2v) is 37.7. The Kier molecular flexibility index (Phi) is 28.4. The quantitative estimate of drug-likeness (QED) is 0.0250. The van der Waals surface area contributed by atoms with E-state index in [-0.39, 0.29) is 141 Å². The van der Waals surface area contributed by atoms with Crippen LogP contribution in [-0.2, 0) is 69.7 Å². The summed E-state index contributed by atoms with van der Waals surface area (Å²) in [5, 5.41) is 131. The maximum Gasteiger partial charge on any atom is 0.325 e. The van der Waals surface area contributed by atoms with Gasteiger partial charge in [-0.05, 0) is 206 Å². The molecule has 2 saturated heterocycles. The van der Waals surface area contributed by atoms with E-state index in [4.69, 9.17) is 62.1 Å². The molecule has 7 aliphatic heterocycles. The van der Waals surface area contributed by atoms with Crippen molar-refractivity contribution < 1.29 is 127 Å². The van der Waals surface area contributed by atoms with Gasteiger partial charge in [-0.2, -0.15) is 0 Å². The van der Waals surface area contributed by atoms with Crippen LogP contribution in [0.1, 0.15) is 193 Å². The molecule has 35 nitrogen and oxygen atoms in total. The van der Waals surface area contributed by atoms with E-state index in [2.05, 4.69) is 42.5 Å². The number of carbonyl (C=O) groups is 10. The second-order valence-electron chi connectivity index (χ2n) is 36.9. The van der Waals surface area contributed by atoms with Gasteiger partial charge in [-0.15, -0.1) is 0 Å². The Balaban J connectivity index is 0.936. The number of halogens is 2. The molecule has 702 valence electrons. The van der Waals surface area contributed by atoms with E-state index in [1.54, 1.807) is 6.92 Å². The van der Waals surface area contributed by atoms with Gasteiger partial charge < -0.3 is 122 Å². The highest BCUT2D eigenvalue weighted by Crippen LogP contribution is 2.60. The number of urea groups is 1. The molecular weight excluding hydrogens is 1740 g/mol. The number of nitrogens with one attached hydrogen (secondary N) is 8. The number of nitrogens with two attached hydrogens (primary N) is 1. The number of aliphatic hydroxyl groups is 8. The molecule has 6 fully saturated rings. The zero-order valence-electron chi connectivity index (χ0n) is 73.1. The fourth-order valence-electron chi connectivity index (χ4n) is 20.7. The van der Waals surface area contributed by atoms with Crippen LogP contribution in [0.5, 0.6) is 40.2 Å². The van der Waals surface area contributed by atoms with Crippen molar-refractivity contribution in [3.05, 3.63) is 152 Å². The number of benzene rings is 6. The Labute approximate surface area is 764 Å². The van der Waals surface area contributed by atoms with Crippen molar-refractivity contribution in [1.29, 1.82) is 0 Å². The standard InChI is InChI=1S/C94H111Cl2N9O26/c1-8-45(21-40(2)3)87(118)104-78-64(109)30-52(33-72(112)101-92(122)100-53-12-14-54(125-7)15-13-53)88(119)102-76-51-31-69(127-67-17-10-47(80(78)113)28-61(67)95)84(131-91-85(83(116)82(115)71(39-106)129-91)130-73-37-93(6,97)86(117)41(4)126-73)70(32-51)128-68-18-11-48(29-62(68)96)81(114)79-90(121)103-77(66(111)34-55-49-23-43-22-44(25-49)26-50(55)24-43)58-36-63(108)59(38-98-19-20-99-42(5)107)75-74(58)57-27-46(9-16-60(57)94(75,123)124)56(35-65(76)110)89(120)105-79/h9-18,27-29,31-32,36,40-41,43-45,49-50,52,55-56,71,73,76-83,85-86,91,98,106,108,113-117,123-124H,8,19-26,30,33-35,37-39,97H2,1-7H3,(H,99,107)(H,102,119)(H,103,121)(H,104,118)(H,105,120)(H2,100,101,112,122)/t41-,43?,44?,45+,49?,50?,52-,55?,56+,71+,73-,76+,77-,78-,79-,80+,81+,82+,83-,85+,86+,91-,93-/m0/s1. The molecule has 0 spiro atoms. The SMILES string of the molecule is CC[C@H](CC(C)C)C(=O)N[C@H]1C(=O)C[C@@H](CC(=O)NC(=O)Nc2ccc(OC)cc2)C(=O)N[C@H]2C(=O)C[C@H]3C(=O)N[C@H](C(=O)N[C@H](C(=O)CC4C5CC6CC(C5)CC4C6)c4cc(O)c(CNCCNC(C)=O)c5c4-c4cc3ccc4C5(O)O)[C@H](O)c3ccc(c(Cl)c3)Oc3cc2cc(c3O[C@@H]2O[C@H](CO)[C@@H](O)[C@H](O)[C@H]2O[C@H]2C[C@](C)(N)[C@H](O)[C@H](C)O2)Oc2ccc(cc2Cl)[C@H]1O. The zero-order valence-corrected chi connectivity index (χ0v) is 74.6. The zero-order chi connectivity index (χ0) is 93.8. The van der Waals surface area contributed by atoms with Gasteiger partial charge in [0.15, 0.2) is 41.2 Å². The summed E-state index contributed by atoms with van der Waals surface area (Å²) in [5.41, 5.74) is 3.47. The van der Waals surface area contributed by atoms with Gasteiger partial charge >= 0.3 is 6.03 Å². The van der Waals surface area contributed by atoms with Crippen molar-refractivity contribution in [3.8, 4) is 51.4 Å². The third-order valence-electron chi connectivity index (χ3n) is 27.2. The Morgan fingerprint density at radius 1 is 0.718 bits per heavy atom. The Morgan fingerprint density at radius 2 is 1.37 bits per heavy atom. The Bertz CT molecular complexity index is 5400. The Hall–Kier alpha value is -10.3. The number of Topliss-reactive ketones (excluding diaryl/α,β-unsaturated/α-hetero) is 3. The molecule has 0 aromatic heterocycles. The average Bonchev–Trinajstić information content (AvgIpc) is 1.55. The summed E-state index contributed by atoms with van der Waals surface area (Å²) >= 11 is 14.7. The second kappa shape index (κ2) is 39.1. The molecule has 8 amide bonds. The number of imide groups is 1. The number of ether oxygens (including phenoxy) is 7. The van der Waals surface area contributed by atoms with Crippen molar-refractivity contribution in [2.45, 2.75) is 228 Å². The van der Waals surface area contributed by atoms with Crippen LogP contribution in [0.2, 0.25) is 10.0 Å². The largest absolute Gasteiger partial charge is 0.508 e. The molecular formula is C94H111Cl2N9O26. The highest BCUT2D eigenvalue weighted by atomic mass is 35.5. The summed E-state index contributed by atoms with van der Waals surface area (Å²) in [4.78, 5) is 153. The lowest BCUT2D eigenvalue weighted by molar-refractivity contribution is -0.333. The van der Waals surface area contributed by atoms with E-state index in [9.17, 15) is 65.1 Å². The minimum absolute atomic E-state index is 0.0647. The van der Waals surface area contributed by atoms with Crippen molar-refractivity contribution in [3.63, 3.8) is 0 Å². The maximum atomic E-state index is 17.0. The van der Waals surface area contributed by atoms with Gasteiger partial charge in [0.1, 0.15) is 77.7 Å². The van der Waals surface area contributed by atoms with Gasteiger partial charge in [-0.1, -0.05) is 68.2 Å². The molecule has 18 rings (SSSR count). The summed E-state index contributed by atoms with van der Waals surface area (Å²) in [7, 11) is 1.42. The molecule has 0 radical (unpaired) electrons. The highest BCUT2D eigenvalue weighted by Gasteiger charge is 2.55. The lowest BCUT2D eigenvalue weighted by Gasteiger charge is -2.54. The monoisotopic (exact) mass is 1850 g/mol. The lowest BCUT2D eigenvalue weighted by Crippen LogP contribution is -2.64. The van der Waals surface area contributed by atoms with Crippen LogP contribution >= 0.6 is 23.2 Å². The van der Waals surface area contributed by atoms with E-state index in [1.165, 1.54) is 113 Å². The van der Waals surface area contributed by atoms with Gasteiger partial charge in [0.05, 0.1) is 47.8 Å². The first-order chi connectivity index (χ1) is 62.3. The predicted molar refractivity (Wildman–Crippen MR) is 469 cm³/mol. The number of aliphatic hydroxyl groups excluding tert-OH is 6. The summed E-state index contributed by atoms with van der Waals surface area (Å²) in [5.74, 6) is -18.3. The van der Waals surface area contributed by atoms with Crippen molar-refractivity contribution in [2.75, 3.05) is 32.1 Å². The fourth-order valence-corrected chi connectivity index (χ4v) is 21.1. The van der Waals surface area contributed by atoms with E-state index < -0.39 is 227 Å². The number of methoxy groups -OCH3 is 1. The maximum absolute atomic E-state index is 17.0. The molecule has 19 N–H and O–H groups in total. The Morgan fingerprint density at radius 3 is 1.98 bits per heavy atom. The van der Waals surface area contributed by atoms with Crippen LogP contribution < -0.4 is 67.2 Å². The van der Waals surface area contributed by atoms with Crippen LogP contribution in [0.3, 0.4) is 0 Å². The number of phenolic OH excluding ortho intramolecular Hbond substituents is 1. The van der Waals surface area contributed by atoms with Gasteiger partial charge in [0.25, 0.3) is 0 Å². The fraction of sp³-hybridized carbons (Fsp3) is 0.511. The summed E-state index contributed by atoms with van der Waals surface area (Å²) in [6.45, 7) is 8.73. The number of ketones is 3. The molecule has 18 atom stereocenters. The first-order valence-corrected chi connectivity index (χ1v) is 45.1. The molecule has 0 unspecified atom stereocenters. The van der Waals surface area contributed by atoms with Crippen LogP contribution in [-0.4, -0.2) is 198 Å². The molecule has 7 heterocycles. The van der Waals surface area contributed by atoms with Gasteiger partial charge in [0, 0.05) is 92.5 Å². The highest BCUT2D eigenvalue weighted by molar-refractivity contribution is 6.32. The summed E-state index contributed by atoms with van der Waals surface area (Å²) < 4.78 is 44.7. The molecule has 6 aromatic rings. The topological polar surface area (TPSA) is 540 Å². The molecule has 37 heteroatoms. The molecule has 4 saturated carbocycles. The third-order valence-corrected chi connectivity index (χ3v) is 27.8. The molecule has 12 aliphatic rings. The van der Waals surface area contributed by atoms with E-state index in [0.717, 1.165) is 44.2 Å². The van der Waals surface area contributed by atoms with Crippen LogP contribution in [0, 0.1) is 47.3 Å². The summed E-state index contributed by atoms with van der Waals surface area (Å²) in [6, 6.07) is 11.2. The average molecular weight is 1850 g/mol. The van der Waals surface area contributed by atoms with Crippen LogP contribution in [0.25, 0.3) is 11.1 Å². The van der Waals surface area contributed by atoms with Gasteiger partial charge in [0.2, 0.25) is 53.3 Å². The molecule has 6 aromatic carbocycles. The predicted octanol–water partition coefficient (Wildman–Crippen LogP) is 6.65. The first-order valence-electron chi connectivity index (χ1n) is 44.3. The van der Waals surface area contributed by atoms with E-state index >= 15 is 28.8 Å². The normalized spacial score (nSPS) is 30.2. The van der Waals surface area contributed by atoms with Crippen LogP contribution in [0.15, 0.2) is 97.1 Å². The van der Waals surface area contributed by atoms with E-state index in [1.807, 2.05) is 13.8 Å². The van der Waals surface area contributed by atoms with Crippen molar-refractivity contribution in [1.82, 2.24) is 37.2 Å². The first kappa shape index (κ1) is 95.3. The number of hydrogen-bond acceptors (Lipinski definition) is 28. The summed E-state index contributed by atoms with van der Waals surface area (Å²) in [6.07, 6.45) is -16.0. The smallest absolute Gasteiger partial charge is 0.325 e. The number of anilines is 1. The van der Waals surface area contributed by atoms with Crippen molar-refractivity contribution in [2.24, 2.45) is 53.1 Å². The number of fused-ring (bicyclic) bond motifs is 12. The molecule has 5 aliphatic carbocycles. The minimum atomic E-state index is -3.08. The third kappa shape index (κ3) is 20.0. The number of hydrogen-bond donors (Lipinski definition) is 18. The molecule has 131 heavy (non-hydrogen) atoms. The van der Waals surface area contributed by atoms with Gasteiger partial charge in [-0.3, -0.25) is 48.5 Å². The minimum Gasteiger partial charge on any atom is -0.508 e. The van der Waals surface area contributed by atoms with E-state index in [0.29, 0.717) is 24.0 Å². The number of phenols is 1. The number of aromatic hydroxyl groups is 1. The molecule has 15 bridgehead atoms. The number of rotatable bonds is 22.